The van der Waals surface area contributed by atoms with Gasteiger partial charge in [-0.2, -0.15) is 5.26 Å². The second kappa shape index (κ2) is 4.97. The largest absolute Gasteiger partial charge is 0.444 e. The third-order valence-electron chi connectivity index (χ3n) is 1.46. The van der Waals surface area contributed by atoms with E-state index in [4.69, 9.17) is 21.6 Å². The molecule has 0 aromatic carbocycles. The fourth-order valence-electron chi connectivity index (χ4n) is 0.914. The Kier molecular flexibility index (Phi) is 3.86. The van der Waals surface area contributed by atoms with E-state index in [1.54, 1.807) is 26.8 Å². The number of halogens is 1. The summed E-state index contributed by atoms with van der Waals surface area (Å²) < 4.78 is 5.01. The maximum atomic E-state index is 11.4. The van der Waals surface area contributed by atoms with Crippen LogP contribution in [0, 0.1) is 11.3 Å². The molecule has 0 saturated heterocycles. The first-order valence-corrected chi connectivity index (χ1v) is 5.12. The van der Waals surface area contributed by atoms with Crippen LogP contribution in [0.5, 0.6) is 0 Å². The van der Waals surface area contributed by atoms with Crippen LogP contribution in [0.15, 0.2) is 6.20 Å². The van der Waals surface area contributed by atoms with E-state index in [-0.39, 0.29) is 16.7 Å². The third-order valence-corrected chi connectivity index (χ3v) is 1.74. The molecule has 0 aliphatic carbocycles. The van der Waals surface area contributed by atoms with E-state index in [9.17, 15) is 4.79 Å². The van der Waals surface area contributed by atoms with Crippen LogP contribution in [0.1, 0.15) is 26.5 Å². The predicted molar refractivity (Wildman–Crippen MR) is 61.6 cm³/mol. The fourth-order valence-corrected chi connectivity index (χ4v) is 1.05. The number of carbonyl (C=O) groups excluding carboxylic acids is 1. The molecule has 6 nitrogen and oxygen atoms in total. The van der Waals surface area contributed by atoms with Crippen LogP contribution >= 0.6 is 11.6 Å². The monoisotopic (exact) mass is 254 g/mol. The zero-order valence-corrected chi connectivity index (χ0v) is 10.4. The molecule has 0 atom stereocenters. The minimum absolute atomic E-state index is 0.0118. The van der Waals surface area contributed by atoms with Crippen molar-refractivity contribution < 1.29 is 9.53 Å². The normalized spacial score (nSPS) is 10.5. The van der Waals surface area contributed by atoms with Gasteiger partial charge in [-0.15, -0.1) is 0 Å². The van der Waals surface area contributed by atoms with Gasteiger partial charge in [0.15, 0.2) is 16.7 Å². The van der Waals surface area contributed by atoms with E-state index in [0.717, 1.165) is 0 Å². The lowest BCUT2D eigenvalue weighted by molar-refractivity contribution is 0.0635. The first kappa shape index (κ1) is 13.2. The lowest BCUT2D eigenvalue weighted by Crippen LogP contribution is -2.27. The summed E-state index contributed by atoms with van der Waals surface area (Å²) in [6.07, 6.45) is 0.575. The highest BCUT2D eigenvalue weighted by Crippen LogP contribution is 2.13. The van der Waals surface area contributed by atoms with Gasteiger partial charge >= 0.3 is 6.09 Å². The van der Waals surface area contributed by atoms with Gasteiger partial charge in [0, 0.05) is 0 Å². The Labute approximate surface area is 104 Å². The number of hydrogen-bond acceptors (Lipinski definition) is 5. The molecule has 1 N–H and O–H groups in total. The highest BCUT2D eigenvalue weighted by atomic mass is 35.5. The molecular weight excluding hydrogens is 244 g/mol. The summed E-state index contributed by atoms with van der Waals surface area (Å²) in [5.74, 6) is 0.111. The van der Waals surface area contributed by atoms with Crippen molar-refractivity contribution in [2.45, 2.75) is 26.4 Å². The number of anilines is 1. The van der Waals surface area contributed by atoms with Gasteiger partial charge in [0.1, 0.15) is 11.7 Å². The van der Waals surface area contributed by atoms with Gasteiger partial charge in [-0.1, -0.05) is 11.6 Å². The Balaban J connectivity index is 2.77. The Morgan fingerprint density at radius 2 is 2.24 bits per heavy atom. The van der Waals surface area contributed by atoms with Gasteiger partial charge in [-0.3, -0.25) is 5.32 Å². The molecule has 0 saturated carbocycles. The molecule has 0 spiro atoms. The molecule has 0 aliphatic rings. The molecule has 1 rings (SSSR count). The van der Waals surface area contributed by atoms with Crippen LogP contribution in [0.3, 0.4) is 0 Å². The first-order chi connectivity index (χ1) is 7.81. The first-order valence-electron chi connectivity index (χ1n) is 4.74. The molecule has 1 aromatic rings. The maximum absolute atomic E-state index is 11.4. The molecule has 1 aromatic heterocycles. The molecular formula is C10H11ClN4O2. The summed E-state index contributed by atoms with van der Waals surface area (Å²) in [6, 6.07) is 1.76. The number of amides is 1. The second-order valence-corrected chi connectivity index (χ2v) is 4.49. The van der Waals surface area contributed by atoms with Gasteiger partial charge in [0.25, 0.3) is 0 Å². The average molecular weight is 255 g/mol. The Bertz CT molecular complexity index is 476. The molecule has 7 heteroatoms. The topological polar surface area (TPSA) is 87.9 Å². The van der Waals surface area contributed by atoms with E-state index in [1.807, 2.05) is 0 Å². The minimum atomic E-state index is -0.669. The molecule has 0 bridgehead atoms. The number of nitriles is 1. The van der Waals surface area contributed by atoms with Crippen LogP contribution in [0.25, 0.3) is 0 Å². The van der Waals surface area contributed by atoms with E-state index < -0.39 is 11.7 Å². The highest BCUT2D eigenvalue weighted by Gasteiger charge is 2.17. The molecule has 17 heavy (non-hydrogen) atoms. The van der Waals surface area contributed by atoms with E-state index in [2.05, 4.69) is 15.3 Å². The summed E-state index contributed by atoms with van der Waals surface area (Å²) in [6.45, 7) is 5.21. The van der Waals surface area contributed by atoms with Crippen LogP contribution in [0.4, 0.5) is 10.6 Å². The lowest BCUT2D eigenvalue weighted by atomic mass is 10.2. The van der Waals surface area contributed by atoms with Crippen LogP contribution in [-0.2, 0) is 4.74 Å². The van der Waals surface area contributed by atoms with Crippen molar-refractivity contribution in [3.8, 4) is 6.07 Å². The highest BCUT2D eigenvalue weighted by molar-refractivity contribution is 6.30. The SMILES string of the molecule is CC(C)(C)OC(=O)Nc1cnc(Cl)c(C#N)n1. The summed E-state index contributed by atoms with van der Waals surface area (Å²) >= 11 is 5.60. The van der Waals surface area contributed by atoms with Crippen LogP contribution in [0.2, 0.25) is 5.15 Å². The van der Waals surface area contributed by atoms with Gasteiger partial charge in [0.05, 0.1) is 6.20 Å². The zero-order chi connectivity index (χ0) is 13.1. The zero-order valence-electron chi connectivity index (χ0n) is 9.61. The quantitative estimate of drug-likeness (QED) is 0.831. The fraction of sp³-hybridized carbons (Fsp3) is 0.400. The van der Waals surface area contributed by atoms with Crippen molar-refractivity contribution in [3.63, 3.8) is 0 Å². The number of rotatable bonds is 1. The molecule has 0 aliphatic heterocycles. The van der Waals surface area contributed by atoms with Crippen molar-refractivity contribution >= 4 is 23.5 Å². The Hall–Kier alpha value is -1.87. The van der Waals surface area contributed by atoms with Crippen molar-refractivity contribution in [2.24, 2.45) is 0 Å². The second-order valence-electron chi connectivity index (χ2n) is 4.13. The van der Waals surface area contributed by atoms with E-state index >= 15 is 0 Å². The molecule has 1 amide bonds. The Morgan fingerprint density at radius 1 is 1.59 bits per heavy atom. The van der Waals surface area contributed by atoms with E-state index in [1.165, 1.54) is 6.20 Å². The number of hydrogen-bond donors (Lipinski definition) is 1. The van der Waals surface area contributed by atoms with Gasteiger partial charge in [-0.25, -0.2) is 14.8 Å². The third kappa shape index (κ3) is 4.25. The number of carbonyl (C=O) groups is 1. The molecule has 0 unspecified atom stereocenters. The summed E-state index contributed by atoms with van der Waals surface area (Å²) in [4.78, 5) is 18.9. The van der Waals surface area contributed by atoms with Crippen LogP contribution in [-0.4, -0.2) is 21.7 Å². The summed E-state index contributed by atoms with van der Waals surface area (Å²) in [7, 11) is 0. The van der Waals surface area contributed by atoms with Crippen molar-refractivity contribution in [1.29, 1.82) is 5.26 Å². The van der Waals surface area contributed by atoms with E-state index in [0.29, 0.717) is 0 Å². The number of nitrogens with zero attached hydrogens (tertiary/aromatic N) is 3. The van der Waals surface area contributed by atoms with Crippen molar-refractivity contribution in [2.75, 3.05) is 5.32 Å². The number of ether oxygens (including phenoxy) is 1. The maximum Gasteiger partial charge on any atom is 0.413 e. The molecule has 90 valence electrons. The smallest absolute Gasteiger partial charge is 0.413 e. The average Bonchev–Trinajstić information content (AvgIpc) is 2.18. The van der Waals surface area contributed by atoms with Crippen LogP contribution < -0.4 is 5.32 Å². The van der Waals surface area contributed by atoms with Gasteiger partial charge < -0.3 is 4.74 Å². The standard InChI is InChI=1S/C10H11ClN4O2/c1-10(2,3)17-9(16)15-7-5-13-8(11)6(4-12)14-7/h5H,1-3H3,(H,14,15,16). The van der Waals surface area contributed by atoms with Crippen molar-refractivity contribution in [1.82, 2.24) is 9.97 Å². The summed E-state index contributed by atoms with van der Waals surface area (Å²) in [5, 5.41) is 11.0. The molecule has 1 heterocycles. The number of aromatic nitrogens is 2. The number of nitrogens with one attached hydrogen (secondary N) is 1. The molecule has 0 radical (unpaired) electrons. The minimum Gasteiger partial charge on any atom is -0.444 e. The van der Waals surface area contributed by atoms with Gasteiger partial charge in [-0.05, 0) is 20.8 Å². The predicted octanol–water partition coefficient (Wildman–Crippen LogP) is 2.35. The Morgan fingerprint density at radius 3 is 2.76 bits per heavy atom. The molecule has 0 fully saturated rings. The lowest BCUT2D eigenvalue weighted by Gasteiger charge is -2.19. The summed E-state index contributed by atoms with van der Waals surface area (Å²) in [5.41, 5.74) is -0.664. The van der Waals surface area contributed by atoms with Gasteiger partial charge in [0.2, 0.25) is 0 Å². The van der Waals surface area contributed by atoms with Crippen molar-refractivity contribution in [3.05, 3.63) is 17.0 Å².